The molecule has 0 heterocycles. The second-order valence-corrected chi connectivity index (χ2v) is 3.51. The number of phenolic OH excluding ortho intramolecular Hbond substituents is 1. The summed E-state index contributed by atoms with van der Waals surface area (Å²) in [7, 11) is 1.43. The quantitative estimate of drug-likeness (QED) is 0.844. The first-order chi connectivity index (χ1) is 6.60. The van der Waals surface area contributed by atoms with Gasteiger partial charge in [0.15, 0.2) is 11.5 Å². The second kappa shape index (κ2) is 4.31. The molecule has 1 rings (SSSR count). The average molecular weight is 257 g/mol. The lowest BCUT2D eigenvalue weighted by Gasteiger charge is -2.09. The molecule has 3 N–H and O–H groups in total. The van der Waals surface area contributed by atoms with E-state index in [-0.39, 0.29) is 5.75 Å². The van der Waals surface area contributed by atoms with Crippen LogP contribution in [0.15, 0.2) is 16.6 Å². The molecule has 1 atom stereocenters. The van der Waals surface area contributed by atoms with Crippen molar-refractivity contribution in [2.45, 2.75) is 6.04 Å². The highest BCUT2D eigenvalue weighted by molar-refractivity contribution is 9.10. The van der Waals surface area contributed by atoms with E-state index in [9.17, 15) is 5.11 Å². The fourth-order valence-electron chi connectivity index (χ4n) is 1.00. The number of nitriles is 1. The van der Waals surface area contributed by atoms with Crippen molar-refractivity contribution >= 4 is 15.9 Å². The molecule has 1 aromatic carbocycles. The van der Waals surface area contributed by atoms with Gasteiger partial charge in [-0.1, -0.05) is 0 Å². The zero-order valence-electron chi connectivity index (χ0n) is 7.49. The predicted octanol–water partition coefficient (Wildman–Crippen LogP) is 1.69. The van der Waals surface area contributed by atoms with Crippen molar-refractivity contribution in [3.05, 3.63) is 22.2 Å². The van der Waals surface area contributed by atoms with Crippen LogP contribution in [0.4, 0.5) is 0 Å². The highest BCUT2D eigenvalue weighted by Gasteiger charge is 2.12. The summed E-state index contributed by atoms with van der Waals surface area (Å²) >= 11 is 3.14. The van der Waals surface area contributed by atoms with Crippen molar-refractivity contribution in [1.29, 1.82) is 5.26 Å². The maximum Gasteiger partial charge on any atom is 0.172 e. The van der Waals surface area contributed by atoms with E-state index < -0.39 is 6.04 Å². The van der Waals surface area contributed by atoms with Crippen LogP contribution in [0.1, 0.15) is 11.6 Å². The van der Waals surface area contributed by atoms with Gasteiger partial charge in [-0.25, -0.2) is 0 Å². The Morgan fingerprint density at radius 2 is 2.29 bits per heavy atom. The van der Waals surface area contributed by atoms with E-state index in [0.717, 1.165) is 0 Å². The molecule has 0 saturated carbocycles. The highest BCUT2D eigenvalue weighted by Crippen LogP contribution is 2.36. The maximum absolute atomic E-state index is 9.48. The molecule has 0 aliphatic heterocycles. The zero-order chi connectivity index (χ0) is 10.7. The monoisotopic (exact) mass is 256 g/mol. The number of halogens is 1. The number of ether oxygens (including phenoxy) is 1. The molecule has 74 valence electrons. The molecule has 0 aromatic heterocycles. The van der Waals surface area contributed by atoms with Crippen molar-refractivity contribution in [2.24, 2.45) is 5.73 Å². The highest BCUT2D eigenvalue weighted by atomic mass is 79.9. The number of nitrogens with two attached hydrogens (primary N) is 1. The summed E-state index contributed by atoms with van der Waals surface area (Å²) in [4.78, 5) is 0. The molecular weight excluding hydrogens is 248 g/mol. The zero-order valence-corrected chi connectivity index (χ0v) is 9.08. The van der Waals surface area contributed by atoms with Gasteiger partial charge in [-0.3, -0.25) is 0 Å². The number of hydrogen-bond donors (Lipinski definition) is 2. The number of rotatable bonds is 2. The normalized spacial score (nSPS) is 11.9. The van der Waals surface area contributed by atoms with Gasteiger partial charge in [-0.2, -0.15) is 5.26 Å². The summed E-state index contributed by atoms with van der Waals surface area (Å²) in [5.41, 5.74) is 6.11. The number of methoxy groups -OCH3 is 1. The molecule has 5 heteroatoms. The van der Waals surface area contributed by atoms with Crippen LogP contribution in [0.2, 0.25) is 0 Å². The van der Waals surface area contributed by atoms with Crippen molar-refractivity contribution in [3.63, 3.8) is 0 Å². The third kappa shape index (κ3) is 1.97. The molecule has 0 amide bonds. The number of benzene rings is 1. The lowest BCUT2D eigenvalue weighted by molar-refractivity contribution is 0.371. The molecule has 0 fully saturated rings. The van der Waals surface area contributed by atoms with Gasteiger partial charge in [0, 0.05) is 0 Å². The van der Waals surface area contributed by atoms with Crippen LogP contribution in [0.3, 0.4) is 0 Å². The molecule has 0 bridgehead atoms. The Balaban J connectivity index is 3.24. The van der Waals surface area contributed by atoms with Crippen molar-refractivity contribution in [3.8, 4) is 17.6 Å². The summed E-state index contributed by atoms with van der Waals surface area (Å²) in [5, 5.41) is 18.1. The van der Waals surface area contributed by atoms with Crippen LogP contribution in [0.25, 0.3) is 0 Å². The van der Waals surface area contributed by atoms with Crippen LogP contribution in [-0.4, -0.2) is 12.2 Å². The first-order valence-electron chi connectivity index (χ1n) is 3.81. The summed E-state index contributed by atoms with van der Waals surface area (Å²) in [6.45, 7) is 0. The molecule has 0 spiro atoms. The minimum absolute atomic E-state index is 0.00129. The predicted molar refractivity (Wildman–Crippen MR) is 54.9 cm³/mol. The summed E-state index contributed by atoms with van der Waals surface area (Å²) in [6, 6.07) is 4.30. The standard InChI is InChI=1S/C9H9BrN2O2/c1-14-8-3-5(7(12)4-11)2-6(10)9(8)13/h2-3,7,13H,12H2,1H3. The van der Waals surface area contributed by atoms with E-state index in [1.165, 1.54) is 13.2 Å². The Hall–Kier alpha value is -1.25. The topological polar surface area (TPSA) is 79.3 Å². The van der Waals surface area contributed by atoms with E-state index in [1.807, 2.05) is 6.07 Å². The minimum Gasteiger partial charge on any atom is -0.503 e. The molecule has 0 radical (unpaired) electrons. The lowest BCUT2D eigenvalue weighted by Crippen LogP contribution is -2.07. The van der Waals surface area contributed by atoms with E-state index >= 15 is 0 Å². The molecule has 4 nitrogen and oxygen atoms in total. The minimum atomic E-state index is -0.721. The Kier molecular flexibility index (Phi) is 3.33. The Labute approximate surface area is 90.0 Å². The number of hydrogen-bond acceptors (Lipinski definition) is 4. The molecule has 1 unspecified atom stereocenters. The third-order valence-corrected chi connectivity index (χ3v) is 2.37. The van der Waals surface area contributed by atoms with Crippen LogP contribution >= 0.6 is 15.9 Å². The van der Waals surface area contributed by atoms with Crippen LogP contribution in [-0.2, 0) is 0 Å². The van der Waals surface area contributed by atoms with Crippen molar-refractivity contribution in [2.75, 3.05) is 7.11 Å². The maximum atomic E-state index is 9.48. The summed E-state index contributed by atoms with van der Waals surface area (Å²) < 4.78 is 5.37. The van der Waals surface area contributed by atoms with Gasteiger partial charge >= 0.3 is 0 Å². The van der Waals surface area contributed by atoms with E-state index in [1.54, 1.807) is 6.07 Å². The molecule has 0 aliphatic rings. The fraction of sp³-hybridized carbons (Fsp3) is 0.222. The second-order valence-electron chi connectivity index (χ2n) is 2.66. The van der Waals surface area contributed by atoms with Gasteiger partial charge in [-0.15, -0.1) is 0 Å². The van der Waals surface area contributed by atoms with Gasteiger partial charge in [0.25, 0.3) is 0 Å². The average Bonchev–Trinajstić information content (AvgIpc) is 2.20. The summed E-state index contributed by atoms with van der Waals surface area (Å²) in [5.74, 6) is 0.293. The fourth-order valence-corrected chi connectivity index (χ4v) is 1.46. The molecule has 1 aromatic rings. The van der Waals surface area contributed by atoms with Gasteiger partial charge in [0.05, 0.1) is 17.7 Å². The van der Waals surface area contributed by atoms with Crippen LogP contribution in [0, 0.1) is 11.3 Å². The Morgan fingerprint density at radius 3 is 2.79 bits per heavy atom. The SMILES string of the molecule is COc1cc(C(N)C#N)cc(Br)c1O. The van der Waals surface area contributed by atoms with E-state index in [0.29, 0.717) is 15.8 Å². The molecule has 0 saturated heterocycles. The molecule has 0 aliphatic carbocycles. The Morgan fingerprint density at radius 1 is 1.64 bits per heavy atom. The van der Waals surface area contributed by atoms with Crippen LogP contribution < -0.4 is 10.5 Å². The number of nitrogens with zero attached hydrogens (tertiary/aromatic N) is 1. The molecular formula is C9H9BrN2O2. The van der Waals surface area contributed by atoms with Crippen LogP contribution in [0.5, 0.6) is 11.5 Å². The van der Waals surface area contributed by atoms with Gasteiger partial charge in [0.2, 0.25) is 0 Å². The first kappa shape index (κ1) is 10.8. The summed E-state index contributed by atoms with van der Waals surface area (Å²) in [6.07, 6.45) is 0. The third-order valence-electron chi connectivity index (χ3n) is 1.77. The lowest BCUT2D eigenvalue weighted by atomic mass is 10.1. The van der Waals surface area contributed by atoms with E-state index in [4.69, 9.17) is 15.7 Å². The largest absolute Gasteiger partial charge is 0.503 e. The first-order valence-corrected chi connectivity index (χ1v) is 4.61. The number of phenols is 1. The Bertz CT molecular complexity index is 387. The van der Waals surface area contributed by atoms with Gasteiger partial charge < -0.3 is 15.6 Å². The van der Waals surface area contributed by atoms with Gasteiger partial charge in [0.1, 0.15) is 6.04 Å². The van der Waals surface area contributed by atoms with Crippen molar-refractivity contribution in [1.82, 2.24) is 0 Å². The number of aromatic hydroxyl groups is 1. The smallest absolute Gasteiger partial charge is 0.172 e. The molecule has 14 heavy (non-hydrogen) atoms. The van der Waals surface area contributed by atoms with Gasteiger partial charge in [-0.05, 0) is 33.6 Å². The van der Waals surface area contributed by atoms with Crippen molar-refractivity contribution < 1.29 is 9.84 Å². The van der Waals surface area contributed by atoms with E-state index in [2.05, 4.69) is 15.9 Å².